The lowest BCUT2D eigenvalue weighted by molar-refractivity contribution is -0.115. The van der Waals surface area contributed by atoms with Gasteiger partial charge in [0.2, 0.25) is 5.91 Å². The molecule has 0 bridgehead atoms. The highest BCUT2D eigenvalue weighted by molar-refractivity contribution is 5.91. The number of rotatable bonds is 5. The maximum Gasteiger partial charge on any atom is 0.230 e. The van der Waals surface area contributed by atoms with Gasteiger partial charge in [-0.1, -0.05) is 6.07 Å². The number of anilines is 1. The smallest absolute Gasteiger partial charge is 0.230 e. The van der Waals surface area contributed by atoms with Crippen LogP contribution in [0.5, 0.6) is 0 Å². The normalized spacial score (nSPS) is 10.6. The number of pyridine rings is 4. The van der Waals surface area contributed by atoms with E-state index in [1.54, 1.807) is 37.1 Å². The van der Waals surface area contributed by atoms with Crippen LogP contribution in [0, 0.1) is 13.8 Å². The molecule has 6 heteroatoms. The van der Waals surface area contributed by atoms with Crippen molar-refractivity contribution in [3.05, 3.63) is 90.3 Å². The summed E-state index contributed by atoms with van der Waals surface area (Å²) in [6.45, 7) is 3.95. The molecule has 0 saturated carbocycles. The predicted molar refractivity (Wildman–Crippen MR) is 117 cm³/mol. The van der Waals surface area contributed by atoms with Gasteiger partial charge in [0.1, 0.15) is 5.82 Å². The van der Waals surface area contributed by atoms with E-state index in [1.807, 2.05) is 50.2 Å². The van der Waals surface area contributed by atoms with Crippen LogP contribution in [0.3, 0.4) is 0 Å². The maximum atomic E-state index is 12.5. The monoisotopic (exact) mass is 395 g/mol. The Hall–Kier alpha value is -3.93. The molecule has 0 saturated heterocycles. The number of nitrogens with one attached hydrogen (secondary N) is 1. The Morgan fingerprint density at radius 3 is 2.33 bits per heavy atom. The van der Waals surface area contributed by atoms with Gasteiger partial charge in [-0.15, -0.1) is 0 Å². The van der Waals surface area contributed by atoms with Gasteiger partial charge in [-0.2, -0.15) is 0 Å². The molecule has 0 fully saturated rings. The minimum atomic E-state index is -0.132. The van der Waals surface area contributed by atoms with Crippen LogP contribution in [0.4, 0.5) is 5.82 Å². The molecule has 1 amide bonds. The molecule has 30 heavy (non-hydrogen) atoms. The number of aryl methyl sites for hydroxylation is 2. The summed E-state index contributed by atoms with van der Waals surface area (Å²) < 4.78 is 0. The predicted octanol–water partition coefficient (Wildman–Crippen LogP) is 4.40. The fourth-order valence-corrected chi connectivity index (χ4v) is 3.28. The van der Waals surface area contributed by atoms with Gasteiger partial charge < -0.3 is 5.32 Å². The fourth-order valence-electron chi connectivity index (χ4n) is 3.28. The van der Waals surface area contributed by atoms with E-state index in [1.165, 1.54) is 0 Å². The molecular weight excluding hydrogens is 374 g/mol. The minimum Gasteiger partial charge on any atom is -0.310 e. The molecule has 0 atom stereocenters. The lowest BCUT2D eigenvalue weighted by atomic mass is 10.0. The zero-order valence-corrected chi connectivity index (χ0v) is 16.8. The van der Waals surface area contributed by atoms with Crippen molar-refractivity contribution in [3.63, 3.8) is 0 Å². The maximum absolute atomic E-state index is 12.5. The summed E-state index contributed by atoms with van der Waals surface area (Å²) in [6.07, 6.45) is 8.97. The van der Waals surface area contributed by atoms with Gasteiger partial charge in [-0.05, 0) is 66.9 Å². The van der Waals surface area contributed by atoms with Crippen molar-refractivity contribution in [1.29, 1.82) is 0 Å². The number of carbonyl (C=O) groups is 1. The van der Waals surface area contributed by atoms with Gasteiger partial charge in [0.05, 0.1) is 12.1 Å². The molecule has 148 valence electrons. The topological polar surface area (TPSA) is 80.7 Å². The van der Waals surface area contributed by atoms with Crippen molar-refractivity contribution in [1.82, 2.24) is 19.9 Å². The Balaban J connectivity index is 1.42. The summed E-state index contributed by atoms with van der Waals surface area (Å²) in [5.41, 5.74) is 6.74. The van der Waals surface area contributed by atoms with E-state index < -0.39 is 0 Å². The summed E-state index contributed by atoms with van der Waals surface area (Å²) in [4.78, 5) is 29.6. The first-order valence-electron chi connectivity index (χ1n) is 9.63. The summed E-state index contributed by atoms with van der Waals surface area (Å²) in [6, 6.07) is 13.5. The molecule has 0 unspecified atom stereocenters. The van der Waals surface area contributed by atoms with E-state index in [4.69, 9.17) is 0 Å². The third-order valence-corrected chi connectivity index (χ3v) is 4.71. The molecule has 4 heterocycles. The Bertz CT molecular complexity index is 1170. The van der Waals surface area contributed by atoms with Crippen molar-refractivity contribution in [2.75, 3.05) is 5.32 Å². The number of nitrogens with zero attached hydrogens (tertiary/aromatic N) is 4. The number of amides is 1. The number of aromatic nitrogens is 4. The molecule has 0 aliphatic rings. The second kappa shape index (κ2) is 8.61. The number of hydrogen-bond acceptors (Lipinski definition) is 5. The Kier molecular flexibility index (Phi) is 5.57. The zero-order chi connectivity index (χ0) is 20.9. The van der Waals surface area contributed by atoms with E-state index in [0.29, 0.717) is 5.82 Å². The highest BCUT2D eigenvalue weighted by Gasteiger charge is 2.10. The molecule has 4 aromatic rings. The second-order valence-corrected chi connectivity index (χ2v) is 7.09. The third-order valence-electron chi connectivity index (χ3n) is 4.71. The Morgan fingerprint density at radius 2 is 1.63 bits per heavy atom. The summed E-state index contributed by atoms with van der Waals surface area (Å²) in [5.74, 6) is 0.388. The summed E-state index contributed by atoms with van der Waals surface area (Å²) in [7, 11) is 0. The van der Waals surface area contributed by atoms with Crippen LogP contribution in [0.25, 0.3) is 22.4 Å². The third kappa shape index (κ3) is 4.55. The average molecular weight is 395 g/mol. The van der Waals surface area contributed by atoms with Crippen LogP contribution >= 0.6 is 0 Å². The largest absolute Gasteiger partial charge is 0.310 e. The average Bonchev–Trinajstić information content (AvgIpc) is 2.75. The van der Waals surface area contributed by atoms with Crippen LogP contribution in [0.2, 0.25) is 0 Å². The van der Waals surface area contributed by atoms with Crippen LogP contribution in [0.15, 0.2) is 73.4 Å². The van der Waals surface area contributed by atoms with Crippen LogP contribution < -0.4 is 5.32 Å². The first-order chi connectivity index (χ1) is 14.6. The first kappa shape index (κ1) is 19.4. The van der Waals surface area contributed by atoms with Gasteiger partial charge in [-0.3, -0.25) is 19.7 Å². The Labute approximate surface area is 175 Å². The number of carbonyl (C=O) groups excluding carboxylic acids is 1. The highest BCUT2D eigenvalue weighted by atomic mass is 16.1. The second-order valence-electron chi connectivity index (χ2n) is 7.09. The molecule has 0 aromatic carbocycles. The summed E-state index contributed by atoms with van der Waals surface area (Å²) >= 11 is 0. The lowest BCUT2D eigenvalue weighted by Crippen LogP contribution is -2.15. The molecule has 1 N–H and O–H groups in total. The van der Waals surface area contributed by atoms with Crippen molar-refractivity contribution < 1.29 is 4.79 Å². The van der Waals surface area contributed by atoms with Crippen LogP contribution in [-0.4, -0.2) is 25.8 Å². The molecule has 0 spiro atoms. The Morgan fingerprint density at radius 1 is 0.833 bits per heavy atom. The van der Waals surface area contributed by atoms with E-state index in [0.717, 1.165) is 39.2 Å². The van der Waals surface area contributed by atoms with Gasteiger partial charge in [0, 0.05) is 47.8 Å². The fraction of sp³-hybridized carbons (Fsp3) is 0.125. The van der Waals surface area contributed by atoms with E-state index in [2.05, 4.69) is 25.3 Å². The quantitative estimate of drug-likeness (QED) is 0.542. The van der Waals surface area contributed by atoms with Crippen LogP contribution in [-0.2, 0) is 11.2 Å². The SMILES string of the molecule is Cc1cc(-c2ncc(CC(=O)Nc3ccc(-c4ccncc4)cn3)cc2C)ccn1. The van der Waals surface area contributed by atoms with Crippen LogP contribution in [0.1, 0.15) is 16.8 Å². The van der Waals surface area contributed by atoms with Crippen molar-refractivity contribution in [3.8, 4) is 22.4 Å². The number of hydrogen-bond donors (Lipinski definition) is 1. The summed E-state index contributed by atoms with van der Waals surface area (Å²) in [5, 5.41) is 2.84. The van der Waals surface area contributed by atoms with E-state index >= 15 is 0 Å². The lowest BCUT2D eigenvalue weighted by Gasteiger charge is -2.09. The molecule has 0 radical (unpaired) electrons. The van der Waals surface area contributed by atoms with Crippen molar-refractivity contribution >= 4 is 11.7 Å². The van der Waals surface area contributed by atoms with Gasteiger partial charge in [0.25, 0.3) is 0 Å². The molecule has 0 aliphatic carbocycles. The first-order valence-corrected chi connectivity index (χ1v) is 9.63. The van der Waals surface area contributed by atoms with Gasteiger partial charge in [-0.25, -0.2) is 4.98 Å². The molecule has 0 aliphatic heterocycles. The zero-order valence-electron chi connectivity index (χ0n) is 16.8. The van der Waals surface area contributed by atoms with E-state index in [9.17, 15) is 4.79 Å². The minimum absolute atomic E-state index is 0.132. The molecule has 4 aromatic heterocycles. The molecular formula is C24H21N5O. The van der Waals surface area contributed by atoms with Gasteiger partial charge in [0.15, 0.2) is 0 Å². The highest BCUT2D eigenvalue weighted by Crippen LogP contribution is 2.22. The molecule has 4 rings (SSSR count). The van der Waals surface area contributed by atoms with Crippen molar-refractivity contribution in [2.45, 2.75) is 20.3 Å². The standard InChI is InChI=1S/C24H21N5O/c1-16-11-18(14-28-24(16)20-7-10-26-17(2)12-20)13-23(30)29-22-4-3-21(15-27-22)19-5-8-25-9-6-19/h3-12,14-15H,13H2,1-2H3,(H,27,29,30). The van der Waals surface area contributed by atoms with Crippen molar-refractivity contribution in [2.24, 2.45) is 0 Å². The molecule has 6 nitrogen and oxygen atoms in total. The van der Waals surface area contributed by atoms with E-state index in [-0.39, 0.29) is 12.3 Å². The van der Waals surface area contributed by atoms with Gasteiger partial charge >= 0.3 is 0 Å².